The molecule has 0 bridgehead atoms. The van der Waals surface area contributed by atoms with Gasteiger partial charge in [0, 0.05) is 12.0 Å². The highest BCUT2D eigenvalue weighted by Crippen LogP contribution is 2.26. The fraction of sp³-hybridized carbons (Fsp3) is 0.357. The number of nitrogens with two attached hydrogens (primary N) is 1. The number of ether oxygens (including phenoxy) is 1. The Morgan fingerprint density at radius 1 is 1.39 bits per heavy atom. The third kappa shape index (κ3) is 1.69. The molecule has 0 radical (unpaired) electrons. The van der Waals surface area contributed by atoms with Crippen LogP contribution in [0.1, 0.15) is 23.7 Å². The van der Waals surface area contributed by atoms with Gasteiger partial charge in [-0.1, -0.05) is 25.1 Å². The Morgan fingerprint density at radius 3 is 3.06 bits per heavy atom. The van der Waals surface area contributed by atoms with Gasteiger partial charge in [0.2, 0.25) is 0 Å². The maximum atomic E-state index is 5.98. The van der Waals surface area contributed by atoms with Crippen LogP contribution in [0.5, 0.6) is 0 Å². The fourth-order valence-electron chi connectivity index (χ4n) is 2.48. The zero-order valence-electron chi connectivity index (χ0n) is 10.5. The predicted octanol–water partition coefficient (Wildman–Crippen LogP) is 2.09. The van der Waals surface area contributed by atoms with E-state index in [0.717, 1.165) is 30.7 Å². The van der Waals surface area contributed by atoms with Crippen LogP contribution in [0.4, 0.5) is 5.82 Å². The molecule has 2 heterocycles. The number of nitrogen functional groups attached to an aromatic ring is 1. The maximum Gasteiger partial charge on any atom is 0.151 e. The van der Waals surface area contributed by atoms with Crippen LogP contribution in [0.2, 0.25) is 0 Å². The molecule has 4 heteroatoms. The molecule has 2 N–H and O–H groups in total. The molecule has 1 aliphatic rings. The molecule has 0 fully saturated rings. The SMILES string of the molecule is CCc1ccccc1-n1nc(N)c2c1CCOC2. The average Bonchev–Trinajstić information content (AvgIpc) is 2.77. The Bertz CT molecular complexity index is 574. The predicted molar refractivity (Wildman–Crippen MR) is 70.7 cm³/mol. The van der Waals surface area contributed by atoms with E-state index in [-0.39, 0.29) is 0 Å². The van der Waals surface area contributed by atoms with Crippen LogP contribution in [0, 0.1) is 0 Å². The Labute approximate surface area is 106 Å². The number of anilines is 1. The van der Waals surface area contributed by atoms with E-state index in [0.29, 0.717) is 12.4 Å². The van der Waals surface area contributed by atoms with Gasteiger partial charge in [-0.3, -0.25) is 0 Å². The highest BCUT2D eigenvalue weighted by molar-refractivity contribution is 5.50. The quantitative estimate of drug-likeness (QED) is 0.878. The summed E-state index contributed by atoms with van der Waals surface area (Å²) in [5.74, 6) is 0.593. The molecule has 0 amide bonds. The molecule has 18 heavy (non-hydrogen) atoms. The lowest BCUT2D eigenvalue weighted by Crippen LogP contribution is -2.13. The third-order valence-corrected chi connectivity index (χ3v) is 3.45. The van der Waals surface area contributed by atoms with Crippen molar-refractivity contribution >= 4 is 5.82 Å². The molecule has 3 rings (SSSR count). The summed E-state index contributed by atoms with van der Waals surface area (Å²) in [7, 11) is 0. The largest absolute Gasteiger partial charge is 0.382 e. The van der Waals surface area contributed by atoms with Crippen molar-refractivity contribution in [1.82, 2.24) is 9.78 Å². The molecule has 0 saturated carbocycles. The van der Waals surface area contributed by atoms with E-state index in [4.69, 9.17) is 10.5 Å². The summed E-state index contributed by atoms with van der Waals surface area (Å²) in [4.78, 5) is 0. The third-order valence-electron chi connectivity index (χ3n) is 3.45. The van der Waals surface area contributed by atoms with E-state index < -0.39 is 0 Å². The zero-order chi connectivity index (χ0) is 12.5. The summed E-state index contributed by atoms with van der Waals surface area (Å²) in [6.07, 6.45) is 1.86. The van der Waals surface area contributed by atoms with Gasteiger partial charge >= 0.3 is 0 Å². The molecule has 4 nitrogen and oxygen atoms in total. The van der Waals surface area contributed by atoms with Crippen LogP contribution >= 0.6 is 0 Å². The number of para-hydroxylation sites is 1. The molecular formula is C14H17N3O. The number of hydrogen-bond acceptors (Lipinski definition) is 3. The minimum atomic E-state index is 0.579. The van der Waals surface area contributed by atoms with Crippen molar-refractivity contribution in [2.75, 3.05) is 12.3 Å². The Kier molecular flexibility index (Phi) is 2.80. The molecule has 0 aliphatic carbocycles. The standard InChI is InChI=1S/C14H17N3O/c1-2-10-5-3-4-6-12(10)17-13-7-8-18-9-11(13)14(15)16-17/h3-6H,2,7-9H2,1H3,(H2,15,16). The van der Waals surface area contributed by atoms with Crippen LogP contribution in [-0.4, -0.2) is 16.4 Å². The van der Waals surface area contributed by atoms with Crippen LogP contribution in [-0.2, 0) is 24.2 Å². The Hall–Kier alpha value is -1.81. The minimum absolute atomic E-state index is 0.579. The van der Waals surface area contributed by atoms with Crippen LogP contribution in [0.3, 0.4) is 0 Å². The van der Waals surface area contributed by atoms with Gasteiger partial charge in [-0.25, -0.2) is 4.68 Å². The second kappa shape index (κ2) is 4.46. The maximum absolute atomic E-state index is 5.98. The number of rotatable bonds is 2. The fourth-order valence-corrected chi connectivity index (χ4v) is 2.48. The summed E-state index contributed by atoms with van der Waals surface area (Å²) in [6.45, 7) is 3.48. The Morgan fingerprint density at radius 2 is 2.22 bits per heavy atom. The number of hydrogen-bond donors (Lipinski definition) is 1. The lowest BCUT2D eigenvalue weighted by molar-refractivity contribution is 0.110. The van der Waals surface area contributed by atoms with Gasteiger partial charge in [0.1, 0.15) is 0 Å². The first-order chi connectivity index (χ1) is 8.81. The van der Waals surface area contributed by atoms with Crippen molar-refractivity contribution in [2.24, 2.45) is 0 Å². The van der Waals surface area contributed by atoms with Gasteiger partial charge in [0.15, 0.2) is 5.82 Å². The van der Waals surface area contributed by atoms with Crippen LogP contribution < -0.4 is 5.73 Å². The smallest absolute Gasteiger partial charge is 0.151 e. The molecule has 0 atom stereocenters. The zero-order valence-corrected chi connectivity index (χ0v) is 10.5. The van der Waals surface area contributed by atoms with E-state index in [1.54, 1.807) is 0 Å². The van der Waals surface area contributed by atoms with E-state index in [9.17, 15) is 0 Å². The van der Waals surface area contributed by atoms with Crippen molar-refractivity contribution in [3.63, 3.8) is 0 Å². The van der Waals surface area contributed by atoms with Gasteiger partial charge < -0.3 is 10.5 Å². The first kappa shape index (κ1) is 11.3. The van der Waals surface area contributed by atoms with E-state index in [1.165, 1.54) is 11.3 Å². The van der Waals surface area contributed by atoms with Crippen molar-refractivity contribution in [3.05, 3.63) is 41.1 Å². The van der Waals surface area contributed by atoms with Crippen LogP contribution in [0.15, 0.2) is 24.3 Å². The topological polar surface area (TPSA) is 53.1 Å². The minimum Gasteiger partial charge on any atom is -0.382 e. The van der Waals surface area contributed by atoms with Gasteiger partial charge in [0.25, 0.3) is 0 Å². The normalized spacial score (nSPS) is 14.5. The van der Waals surface area contributed by atoms with Gasteiger partial charge in [0.05, 0.1) is 24.6 Å². The first-order valence-electron chi connectivity index (χ1n) is 6.33. The number of aromatic nitrogens is 2. The number of aryl methyl sites for hydroxylation is 1. The summed E-state index contributed by atoms with van der Waals surface area (Å²) >= 11 is 0. The van der Waals surface area contributed by atoms with Crippen LogP contribution in [0.25, 0.3) is 5.69 Å². The molecule has 2 aromatic rings. The second-order valence-electron chi connectivity index (χ2n) is 4.51. The first-order valence-corrected chi connectivity index (χ1v) is 6.33. The van der Waals surface area contributed by atoms with Crippen molar-refractivity contribution in [1.29, 1.82) is 0 Å². The molecule has 1 aromatic carbocycles. The summed E-state index contributed by atoms with van der Waals surface area (Å²) in [5.41, 5.74) is 10.6. The molecular weight excluding hydrogens is 226 g/mol. The summed E-state index contributed by atoms with van der Waals surface area (Å²) in [5, 5.41) is 4.49. The van der Waals surface area contributed by atoms with E-state index in [1.807, 2.05) is 10.7 Å². The molecule has 1 aromatic heterocycles. The average molecular weight is 243 g/mol. The summed E-state index contributed by atoms with van der Waals surface area (Å²) < 4.78 is 7.44. The molecule has 1 aliphatic heterocycles. The molecule has 0 spiro atoms. The molecule has 0 unspecified atom stereocenters. The Balaban J connectivity index is 2.17. The molecule has 0 saturated heterocycles. The lowest BCUT2D eigenvalue weighted by Gasteiger charge is -2.16. The van der Waals surface area contributed by atoms with Gasteiger partial charge in [-0.15, -0.1) is 0 Å². The summed E-state index contributed by atoms with van der Waals surface area (Å²) in [6, 6.07) is 8.34. The number of benzene rings is 1. The lowest BCUT2D eigenvalue weighted by atomic mass is 10.1. The highest BCUT2D eigenvalue weighted by Gasteiger charge is 2.21. The van der Waals surface area contributed by atoms with E-state index in [2.05, 4.69) is 30.2 Å². The monoisotopic (exact) mass is 243 g/mol. The number of fused-ring (bicyclic) bond motifs is 1. The van der Waals surface area contributed by atoms with Crippen molar-refractivity contribution in [2.45, 2.75) is 26.4 Å². The van der Waals surface area contributed by atoms with E-state index >= 15 is 0 Å². The number of nitrogens with zero attached hydrogens (tertiary/aromatic N) is 2. The van der Waals surface area contributed by atoms with Crippen molar-refractivity contribution in [3.8, 4) is 5.69 Å². The van der Waals surface area contributed by atoms with Crippen molar-refractivity contribution < 1.29 is 4.74 Å². The van der Waals surface area contributed by atoms with Gasteiger partial charge in [-0.05, 0) is 18.1 Å². The molecule has 94 valence electrons. The van der Waals surface area contributed by atoms with Gasteiger partial charge in [-0.2, -0.15) is 5.10 Å². The highest BCUT2D eigenvalue weighted by atomic mass is 16.5. The second-order valence-corrected chi connectivity index (χ2v) is 4.51.